The summed E-state index contributed by atoms with van der Waals surface area (Å²) in [7, 11) is 0. The van der Waals surface area contributed by atoms with Crippen LogP contribution in [-0.4, -0.2) is 58.6 Å². The van der Waals surface area contributed by atoms with Crippen LogP contribution in [0.1, 0.15) is 58.3 Å². The molecule has 20 heavy (non-hydrogen) atoms. The SMILES string of the molecule is CCCCCCCCCCOC[C@@H](O)[C@@H](O)[C@H](O)CO. The molecule has 0 saturated carbocycles. The molecule has 0 radical (unpaired) electrons. The van der Waals surface area contributed by atoms with Crippen LogP contribution in [0.2, 0.25) is 0 Å². The van der Waals surface area contributed by atoms with Gasteiger partial charge in [-0.15, -0.1) is 0 Å². The summed E-state index contributed by atoms with van der Waals surface area (Å²) >= 11 is 0. The van der Waals surface area contributed by atoms with Crippen LogP contribution >= 0.6 is 0 Å². The van der Waals surface area contributed by atoms with Gasteiger partial charge in [-0.1, -0.05) is 51.9 Å². The van der Waals surface area contributed by atoms with Crippen molar-refractivity contribution in [3.63, 3.8) is 0 Å². The average molecular weight is 292 g/mol. The molecular formula is C15H32O5. The third kappa shape index (κ3) is 10.6. The number of hydrogen-bond donors (Lipinski definition) is 4. The van der Waals surface area contributed by atoms with Crippen molar-refractivity contribution in [3.05, 3.63) is 0 Å². The standard InChI is InChI=1S/C15H32O5/c1-2-3-4-5-6-7-8-9-10-20-12-14(18)15(19)13(17)11-16/h13-19H,2-12H2,1H3/t13-,14-,15+/m1/s1. The summed E-state index contributed by atoms with van der Waals surface area (Å²) in [6.45, 7) is 2.17. The molecule has 4 N–H and O–H groups in total. The van der Waals surface area contributed by atoms with E-state index in [0.29, 0.717) is 6.61 Å². The van der Waals surface area contributed by atoms with Crippen LogP contribution in [0.25, 0.3) is 0 Å². The van der Waals surface area contributed by atoms with E-state index in [4.69, 9.17) is 14.9 Å². The molecule has 0 spiro atoms. The minimum Gasteiger partial charge on any atom is -0.394 e. The minimum absolute atomic E-state index is 0.0191. The fourth-order valence-electron chi connectivity index (χ4n) is 2.01. The molecule has 5 heteroatoms. The molecule has 0 rings (SSSR count). The highest BCUT2D eigenvalue weighted by molar-refractivity contribution is 4.74. The highest BCUT2D eigenvalue weighted by atomic mass is 16.5. The quantitative estimate of drug-likeness (QED) is 0.361. The van der Waals surface area contributed by atoms with E-state index in [-0.39, 0.29) is 6.61 Å². The van der Waals surface area contributed by atoms with Gasteiger partial charge in [0.15, 0.2) is 0 Å². The second-order valence-electron chi connectivity index (χ2n) is 5.36. The number of aliphatic hydroxyl groups is 4. The summed E-state index contributed by atoms with van der Waals surface area (Å²) < 4.78 is 5.25. The predicted molar refractivity (Wildman–Crippen MR) is 78.5 cm³/mol. The molecule has 0 heterocycles. The van der Waals surface area contributed by atoms with Gasteiger partial charge in [0.2, 0.25) is 0 Å². The minimum atomic E-state index is -1.36. The first-order valence-corrected chi connectivity index (χ1v) is 7.86. The number of ether oxygens (including phenoxy) is 1. The van der Waals surface area contributed by atoms with Gasteiger partial charge in [-0.3, -0.25) is 0 Å². The molecule has 0 aliphatic heterocycles. The van der Waals surface area contributed by atoms with Gasteiger partial charge >= 0.3 is 0 Å². The number of aliphatic hydroxyl groups excluding tert-OH is 4. The van der Waals surface area contributed by atoms with Crippen molar-refractivity contribution in [2.24, 2.45) is 0 Å². The molecule has 5 nitrogen and oxygen atoms in total. The van der Waals surface area contributed by atoms with Crippen LogP contribution in [0.5, 0.6) is 0 Å². The van der Waals surface area contributed by atoms with Gasteiger partial charge in [0.25, 0.3) is 0 Å². The average Bonchev–Trinajstić information content (AvgIpc) is 2.47. The summed E-state index contributed by atoms with van der Waals surface area (Å²) in [5.41, 5.74) is 0. The Bertz CT molecular complexity index is 201. The molecule has 0 saturated heterocycles. The first-order chi connectivity index (χ1) is 9.63. The Morgan fingerprint density at radius 1 is 0.800 bits per heavy atom. The maximum Gasteiger partial charge on any atom is 0.110 e. The maximum atomic E-state index is 9.50. The van der Waals surface area contributed by atoms with E-state index in [9.17, 15) is 10.2 Å². The first-order valence-electron chi connectivity index (χ1n) is 7.86. The molecule has 122 valence electrons. The fourth-order valence-corrected chi connectivity index (χ4v) is 2.01. The zero-order valence-electron chi connectivity index (χ0n) is 12.7. The predicted octanol–water partition coefficient (Wildman–Crippen LogP) is 1.22. The Hall–Kier alpha value is -0.200. The van der Waals surface area contributed by atoms with Crippen molar-refractivity contribution in [2.75, 3.05) is 19.8 Å². The smallest absolute Gasteiger partial charge is 0.110 e. The van der Waals surface area contributed by atoms with E-state index in [1.807, 2.05) is 0 Å². The van der Waals surface area contributed by atoms with Crippen LogP contribution in [0.4, 0.5) is 0 Å². The van der Waals surface area contributed by atoms with Crippen molar-refractivity contribution in [2.45, 2.75) is 76.6 Å². The molecule has 0 aliphatic carbocycles. The summed E-state index contributed by atoms with van der Waals surface area (Å²) in [4.78, 5) is 0. The molecular weight excluding hydrogens is 260 g/mol. The van der Waals surface area contributed by atoms with E-state index in [1.165, 1.54) is 38.5 Å². The van der Waals surface area contributed by atoms with Crippen LogP contribution in [-0.2, 0) is 4.74 Å². The molecule has 0 fully saturated rings. The molecule has 0 aromatic carbocycles. The van der Waals surface area contributed by atoms with Crippen molar-refractivity contribution in [1.29, 1.82) is 0 Å². The zero-order valence-corrected chi connectivity index (χ0v) is 12.7. The van der Waals surface area contributed by atoms with Gasteiger partial charge < -0.3 is 25.2 Å². The van der Waals surface area contributed by atoms with Gasteiger partial charge in [0.05, 0.1) is 13.2 Å². The lowest BCUT2D eigenvalue weighted by molar-refractivity contribution is -0.0997. The third-order valence-electron chi connectivity index (χ3n) is 3.41. The van der Waals surface area contributed by atoms with Gasteiger partial charge in [-0.2, -0.15) is 0 Å². The van der Waals surface area contributed by atoms with E-state index in [2.05, 4.69) is 6.92 Å². The Labute approximate surface area is 122 Å². The lowest BCUT2D eigenvalue weighted by Crippen LogP contribution is -2.41. The zero-order chi connectivity index (χ0) is 15.2. The van der Waals surface area contributed by atoms with Gasteiger partial charge in [0.1, 0.15) is 18.3 Å². The first kappa shape index (κ1) is 19.8. The molecule has 0 unspecified atom stereocenters. The second kappa shape index (κ2) is 13.8. The summed E-state index contributed by atoms with van der Waals surface area (Å²) in [5.74, 6) is 0. The molecule has 0 bridgehead atoms. The number of rotatable bonds is 14. The lowest BCUT2D eigenvalue weighted by atomic mass is 10.1. The fraction of sp³-hybridized carbons (Fsp3) is 1.00. The Kier molecular flexibility index (Phi) is 13.6. The number of unbranched alkanes of at least 4 members (excludes halogenated alkanes) is 7. The van der Waals surface area contributed by atoms with E-state index >= 15 is 0 Å². The largest absolute Gasteiger partial charge is 0.394 e. The Balaban J connectivity index is 3.31. The summed E-state index contributed by atoms with van der Waals surface area (Å²) in [5, 5.41) is 36.7. The van der Waals surface area contributed by atoms with Gasteiger partial charge in [-0.05, 0) is 6.42 Å². The van der Waals surface area contributed by atoms with E-state index < -0.39 is 24.9 Å². The summed E-state index contributed by atoms with van der Waals surface area (Å²) in [6.07, 6.45) is 5.91. The summed E-state index contributed by atoms with van der Waals surface area (Å²) in [6, 6.07) is 0. The lowest BCUT2D eigenvalue weighted by Gasteiger charge is -2.21. The monoisotopic (exact) mass is 292 g/mol. The van der Waals surface area contributed by atoms with Crippen LogP contribution < -0.4 is 0 Å². The molecule has 0 amide bonds. The van der Waals surface area contributed by atoms with E-state index in [1.54, 1.807) is 0 Å². The van der Waals surface area contributed by atoms with E-state index in [0.717, 1.165) is 12.8 Å². The maximum absolute atomic E-state index is 9.50. The molecule has 3 atom stereocenters. The third-order valence-corrected chi connectivity index (χ3v) is 3.41. The van der Waals surface area contributed by atoms with Crippen molar-refractivity contribution < 1.29 is 25.2 Å². The topological polar surface area (TPSA) is 90.2 Å². The molecule has 0 aromatic rings. The Morgan fingerprint density at radius 2 is 1.35 bits per heavy atom. The highest BCUT2D eigenvalue weighted by Gasteiger charge is 2.23. The van der Waals surface area contributed by atoms with Crippen LogP contribution in [0.3, 0.4) is 0 Å². The normalized spacial score (nSPS) is 16.1. The van der Waals surface area contributed by atoms with Crippen molar-refractivity contribution >= 4 is 0 Å². The number of hydrogen-bond acceptors (Lipinski definition) is 5. The van der Waals surface area contributed by atoms with Crippen LogP contribution in [0, 0.1) is 0 Å². The molecule has 0 aliphatic rings. The van der Waals surface area contributed by atoms with Gasteiger partial charge in [0, 0.05) is 6.61 Å². The Morgan fingerprint density at radius 3 is 1.90 bits per heavy atom. The molecule has 0 aromatic heterocycles. The second-order valence-corrected chi connectivity index (χ2v) is 5.36. The van der Waals surface area contributed by atoms with Crippen molar-refractivity contribution in [3.8, 4) is 0 Å². The highest BCUT2D eigenvalue weighted by Crippen LogP contribution is 2.08. The van der Waals surface area contributed by atoms with Crippen molar-refractivity contribution in [1.82, 2.24) is 0 Å². The van der Waals surface area contributed by atoms with Crippen LogP contribution in [0.15, 0.2) is 0 Å². The van der Waals surface area contributed by atoms with Gasteiger partial charge in [-0.25, -0.2) is 0 Å².